The lowest BCUT2D eigenvalue weighted by molar-refractivity contribution is 0.405. The monoisotopic (exact) mass is 467 g/mol. The van der Waals surface area contributed by atoms with Crippen LogP contribution in [0.4, 0.5) is 5.69 Å². The first-order valence-electron chi connectivity index (χ1n) is 7.68. The molecule has 0 aliphatic carbocycles. The first-order valence-corrected chi connectivity index (χ1v) is 11.0. The van der Waals surface area contributed by atoms with Crippen molar-refractivity contribution in [3.63, 3.8) is 0 Å². The number of hydrogen-bond donors (Lipinski definition) is 4. The predicted molar refractivity (Wildman–Crippen MR) is 114 cm³/mol. The molecule has 0 aliphatic rings. The highest BCUT2D eigenvalue weighted by Gasteiger charge is 2.23. The molecular weight excluding hydrogens is 449 g/mol. The molecule has 3 aromatic rings. The van der Waals surface area contributed by atoms with Gasteiger partial charge in [0.1, 0.15) is 5.75 Å². The standard InChI is InChI=1S/C19H18INO3S/c1-9-10(2)18(23)15(11(3)17(9)21-25-20)16-13-7-5-4-6-12(13)8-14(22)19(16)24/h4-8,21-24H,1-3H3. The summed E-state index contributed by atoms with van der Waals surface area (Å²) >= 11 is 2.15. The maximum atomic E-state index is 10.9. The maximum absolute atomic E-state index is 10.9. The molecule has 6 heteroatoms. The van der Waals surface area contributed by atoms with Gasteiger partial charge < -0.3 is 20.0 Å². The molecule has 3 aromatic carbocycles. The second-order valence-corrected chi connectivity index (χ2v) is 7.67. The molecule has 0 radical (unpaired) electrons. The molecule has 0 saturated carbocycles. The van der Waals surface area contributed by atoms with Crippen LogP contribution in [0.3, 0.4) is 0 Å². The van der Waals surface area contributed by atoms with Gasteiger partial charge in [0.15, 0.2) is 11.5 Å². The highest BCUT2D eigenvalue weighted by Crippen LogP contribution is 2.50. The quantitative estimate of drug-likeness (QED) is 0.166. The molecule has 0 unspecified atom stereocenters. The first-order chi connectivity index (χ1) is 11.9. The summed E-state index contributed by atoms with van der Waals surface area (Å²) in [5, 5.41) is 33.2. The van der Waals surface area contributed by atoms with Gasteiger partial charge in [-0.3, -0.25) is 0 Å². The normalized spacial score (nSPS) is 11.0. The Hall–Kier alpha value is -1.80. The third-order valence-corrected chi connectivity index (χ3v) is 5.61. The van der Waals surface area contributed by atoms with E-state index in [0.717, 1.165) is 33.2 Å². The zero-order valence-corrected chi connectivity index (χ0v) is 17.0. The third kappa shape index (κ3) is 2.87. The molecule has 130 valence electrons. The summed E-state index contributed by atoms with van der Waals surface area (Å²) in [4.78, 5) is 0. The second kappa shape index (κ2) is 6.84. The Morgan fingerprint density at radius 3 is 2.24 bits per heavy atom. The maximum Gasteiger partial charge on any atom is 0.166 e. The summed E-state index contributed by atoms with van der Waals surface area (Å²) in [6.45, 7) is 5.69. The predicted octanol–water partition coefficient (Wildman–Crippen LogP) is 5.96. The van der Waals surface area contributed by atoms with Gasteiger partial charge in [-0.25, -0.2) is 0 Å². The number of benzene rings is 3. The Bertz CT molecular complexity index is 989. The van der Waals surface area contributed by atoms with Crippen LogP contribution in [0.25, 0.3) is 21.9 Å². The summed E-state index contributed by atoms with van der Waals surface area (Å²) in [7, 11) is 1.44. The molecule has 0 saturated heterocycles. The smallest absolute Gasteiger partial charge is 0.166 e. The Kier molecular flexibility index (Phi) is 4.92. The average Bonchev–Trinajstić information content (AvgIpc) is 2.60. The molecule has 0 atom stereocenters. The van der Waals surface area contributed by atoms with Crippen LogP contribution in [-0.2, 0) is 0 Å². The highest BCUT2D eigenvalue weighted by atomic mass is 127. The summed E-state index contributed by atoms with van der Waals surface area (Å²) in [6, 6.07) is 9.01. The number of aromatic hydroxyl groups is 3. The van der Waals surface area contributed by atoms with E-state index in [4.69, 9.17) is 0 Å². The van der Waals surface area contributed by atoms with E-state index in [2.05, 4.69) is 25.9 Å². The molecular formula is C19H18INO3S. The highest BCUT2D eigenvalue weighted by molar-refractivity contribution is 14.2. The van der Waals surface area contributed by atoms with Crippen LogP contribution in [-0.4, -0.2) is 15.3 Å². The molecule has 0 aromatic heterocycles. The fraction of sp³-hybridized carbons (Fsp3) is 0.158. The van der Waals surface area contributed by atoms with E-state index < -0.39 is 0 Å². The topological polar surface area (TPSA) is 72.7 Å². The Morgan fingerprint density at radius 1 is 0.880 bits per heavy atom. The van der Waals surface area contributed by atoms with E-state index in [1.165, 1.54) is 15.2 Å². The van der Waals surface area contributed by atoms with Crippen molar-refractivity contribution in [2.45, 2.75) is 20.8 Å². The number of rotatable bonds is 3. The van der Waals surface area contributed by atoms with Crippen LogP contribution in [0.2, 0.25) is 0 Å². The summed E-state index contributed by atoms with van der Waals surface area (Å²) in [6.07, 6.45) is 0. The Balaban J connectivity index is 2.50. The van der Waals surface area contributed by atoms with Gasteiger partial charge in [-0.2, -0.15) is 0 Å². The Labute approximate surface area is 162 Å². The van der Waals surface area contributed by atoms with E-state index in [1.54, 1.807) is 0 Å². The van der Waals surface area contributed by atoms with E-state index in [-0.39, 0.29) is 17.2 Å². The number of phenolic OH excluding ortho intramolecular Hbond substituents is 3. The van der Waals surface area contributed by atoms with Gasteiger partial charge in [0.05, 0.1) is 5.69 Å². The van der Waals surface area contributed by atoms with Crippen molar-refractivity contribution >= 4 is 46.8 Å². The van der Waals surface area contributed by atoms with Gasteiger partial charge in [0, 0.05) is 41.5 Å². The number of halogens is 1. The molecule has 0 heterocycles. The fourth-order valence-electron chi connectivity index (χ4n) is 3.21. The Morgan fingerprint density at radius 2 is 1.56 bits per heavy atom. The molecule has 3 rings (SSSR count). The largest absolute Gasteiger partial charge is 0.507 e. The minimum absolute atomic E-state index is 0.116. The van der Waals surface area contributed by atoms with E-state index in [1.807, 2.05) is 45.0 Å². The summed E-state index contributed by atoms with van der Waals surface area (Å²) in [5.74, 6) is -0.318. The van der Waals surface area contributed by atoms with Gasteiger partial charge >= 0.3 is 0 Å². The van der Waals surface area contributed by atoms with Crippen molar-refractivity contribution < 1.29 is 15.3 Å². The van der Waals surface area contributed by atoms with Crippen molar-refractivity contribution in [3.05, 3.63) is 47.0 Å². The van der Waals surface area contributed by atoms with E-state index >= 15 is 0 Å². The van der Waals surface area contributed by atoms with Crippen molar-refractivity contribution in [2.75, 3.05) is 4.72 Å². The van der Waals surface area contributed by atoms with Crippen LogP contribution < -0.4 is 4.72 Å². The van der Waals surface area contributed by atoms with Gasteiger partial charge in [-0.15, -0.1) is 0 Å². The van der Waals surface area contributed by atoms with Gasteiger partial charge in [-0.05, 0) is 54.3 Å². The average molecular weight is 467 g/mol. The number of anilines is 1. The first kappa shape index (κ1) is 18.0. The van der Waals surface area contributed by atoms with Crippen molar-refractivity contribution in [3.8, 4) is 28.4 Å². The molecule has 4 N–H and O–H groups in total. The van der Waals surface area contributed by atoms with Crippen LogP contribution in [0, 0.1) is 20.8 Å². The molecule has 0 bridgehead atoms. The minimum atomic E-state index is -0.228. The SMILES string of the molecule is Cc1c(C)c(NSI)c(C)c(-c2c(O)c(O)cc3ccccc23)c1O. The second-order valence-electron chi connectivity index (χ2n) is 5.99. The fourth-order valence-corrected chi connectivity index (χ4v) is 4.25. The molecule has 0 aliphatic heterocycles. The zero-order chi connectivity index (χ0) is 18.3. The van der Waals surface area contributed by atoms with Crippen molar-refractivity contribution in [1.82, 2.24) is 0 Å². The lowest BCUT2D eigenvalue weighted by Crippen LogP contribution is -1.99. The summed E-state index contributed by atoms with van der Waals surface area (Å²) in [5.41, 5.74) is 4.37. The van der Waals surface area contributed by atoms with Crippen LogP contribution >= 0.6 is 30.3 Å². The lowest BCUT2D eigenvalue weighted by atomic mass is 9.88. The molecule has 25 heavy (non-hydrogen) atoms. The molecule has 0 spiro atoms. The molecule has 0 fully saturated rings. The van der Waals surface area contributed by atoms with Crippen molar-refractivity contribution in [2.24, 2.45) is 0 Å². The van der Waals surface area contributed by atoms with Gasteiger partial charge in [0.2, 0.25) is 0 Å². The van der Waals surface area contributed by atoms with Crippen LogP contribution in [0.15, 0.2) is 30.3 Å². The number of nitrogens with one attached hydrogen (secondary N) is 1. The van der Waals surface area contributed by atoms with Gasteiger partial charge in [0.25, 0.3) is 0 Å². The molecule has 4 nitrogen and oxygen atoms in total. The molecule has 0 amide bonds. The van der Waals surface area contributed by atoms with Crippen molar-refractivity contribution in [1.29, 1.82) is 0 Å². The lowest BCUT2D eigenvalue weighted by Gasteiger charge is -2.21. The number of phenols is 3. The summed E-state index contributed by atoms with van der Waals surface area (Å²) < 4.78 is 3.25. The van der Waals surface area contributed by atoms with Gasteiger partial charge in [-0.1, -0.05) is 24.3 Å². The minimum Gasteiger partial charge on any atom is -0.507 e. The van der Waals surface area contributed by atoms with E-state index in [0.29, 0.717) is 11.1 Å². The number of hydrogen-bond acceptors (Lipinski definition) is 5. The number of fused-ring (bicyclic) bond motifs is 1. The van der Waals surface area contributed by atoms with Crippen LogP contribution in [0.1, 0.15) is 16.7 Å². The third-order valence-electron chi connectivity index (χ3n) is 4.67. The zero-order valence-electron chi connectivity index (χ0n) is 14.0. The van der Waals surface area contributed by atoms with Crippen LogP contribution in [0.5, 0.6) is 17.2 Å². The van der Waals surface area contributed by atoms with E-state index in [9.17, 15) is 15.3 Å².